The van der Waals surface area contributed by atoms with E-state index < -0.39 is 0 Å². The molecule has 3 unspecified atom stereocenters. The van der Waals surface area contributed by atoms with Crippen LogP contribution in [0.4, 0.5) is 0 Å². The summed E-state index contributed by atoms with van der Waals surface area (Å²) in [5, 5.41) is 17.5. The minimum Gasteiger partial charge on any atom is -0.465 e. The number of piperidine rings is 1. The third kappa shape index (κ3) is 60.9. The first-order valence-corrected chi connectivity index (χ1v) is 32.6. The Hall–Kier alpha value is -1.50. The highest BCUT2D eigenvalue weighted by Crippen LogP contribution is 2.17. The van der Waals surface area contributed by atoms with Crippen LogP contribution in [-0.4, -0.2) is 296 Å². The zero-order valence-corrected chi connectivity index (χ0v) is 57.0. The smallest absolute Gasteiger partial charge is 0.302 e. The van der Waals surface area contributed by atoms with Crippen molar-refractivity contribution in [1.29, 1.82) is 0 Å². The summed E-state index contributed by atoms with van der Waals surface area (Å²) in [5.74, 6) is 1.66. The van der Waals surface area contributed by atoms with Gasteiger partial charge in [-0.2, -0.15) is 0 Å². The molecule has 15 heteroatoms. The van der Waals surface area contributed by atoms with Crippen LogP contribution in [-0.2, 0) is 9.53 Å². The molecule has 4 fully saturated rings. The molecule has 3 atom stereocenters. The maximum atomic E-state index is 10.6. The SMILES string of the molecule is C/C=[N+](/O)CCCC.CCC(C)CN(C)C.CCC(C)N(C)C.CCC1CCCN(C)C1.CCCCN(C)C.CCCCN1CCN(C)CC1.CCCCN1CCN(CCO)CC1.CCCCN1CCN(CCOC(C)=O)CC1. The molecule has 0 saturated carbocycles. The van der Waals surface area contributed by atoms with Gasteiger partial charge in [-0.1, -0.05) is 101 Å². The van der Waals surface area contributed by atoms with Gasteiger partial charge in [-0.15, -0.1) is 0 Å². The van der Waals surface area contributed by atoms with Crippen LogP contribution < -0.4 is 0 Å². The Bertz CT molecular complexity index is 1240. The van der Waals surface area contributed by atoms with Crippen molar-refractivity contribution < 1.29 is 24.6 Å². The quantitative estimate of drug-likeness (QED) is 0.0283. The van der Waals surface area contributed by atoms with Gasteiger partial charge in [0.05, 0.1) is 6.61 Å². The molecule has 4 aliphatic heterocycles. The average molecular weight is 1130 g/mol. The fourth-order valence-corrected chi connectivity index (χ4v) is 8.80. The van der Waals surface area contributed by atoms with E-state index in [-0.39, 0.29) is 5.97 Å². The maximum absolute atomic E-state index is 10.6. The fraction of sp³-hybridized carbons (Fsp3) is 0.969. The van der Waals surface area contributed by atoms with Crippen LogP contribution in [0.1, 0.15) is 179 Å². The molecule has 4 saturated heterocycles. The number of hydrogen-bond acceptors (Lipinski definition) is 14. The normalized spacial score (nSPS) is 18.7. The number of likely N-dealkylation sites (tertiary alicyclic amines) is 1. The van der Waals surface area contributed by atoms with Crippen molar-refractivity contribution in [2.75, 3.05) is 214 Å². The van der Waals surface area contributed by atoms with Gasteiger partial charge in [-0.05, 0) is 164 Å². The Morgan fingerprint density at radius 3 is 1.30 bits per heavy atom. The Kier molecular flexibility index (Phi) is 64.9. The van der Waals surface area contributed by atoms with Gasteiger partial charge >= 0.3 is 5.97 Å². The molecule has 4 aliphatic rings. The van der Waals surface area contributed by atoms with Crippen LogP contribution in [0.3, 0.4) is 0 Å². The lowest BCUT2D eigenvalue weighted by Crippen LogP contribution is -2.47. The first kappa shape index (κ1) is 84.0. The Labute approximate surface area is 494 Å². The number of rotatable bonds is 26. The number of carbonyl (C=O) groups excluding carboxylic acids is 1. The first-order chi connectivity index (χ1) is 37.7. The summed E-state index contributed by atoms with van der Waals surface area (Å²) in [6, 6.07) is 0.736. The maximum Gasteiger partial charge on any atom is 0.302 e. The number of unbranched alkanes of at least 4 members (excludes halogenated alkanes) is 5. The number of nitrogens with zero attached hydrogens (tertiary/aromatic N) is 11. The fourth-order valence-electron chi connectivity index (χ4n) is 8.80. The predicted octanol–water partition coefficient (Wildman–Crippen LogP) is 9.70. The van der Waals surface area contributed by atoms with E-state index >= 15 is 0 Å². The zero-order chi connectivity index (χ0) is 60.7. The van der Waals surface area contributed by atoms with Gasteiger partial charge in [-0.3, -0.25) is 19.8 Å². The summed E-state index contributed by atoms with van der Waals surface area (Å²) in [4.78, 5) is 34.4. The number of β-amino-alcohol motifs (C(OH)–C–C–N with tert-alkyl or cyclic N) is 1. The van der Waals surface area contributed by atoms with Gasteiger partial charge in [0, 0.05) is 131 Å². The van der Waals surface area contributed by atoms with E-state index in [1.807, 2.05) is 6.92 Å². The second-order valence-electron chi connectivity index (χ2n) is 23.7. The van der Waals surface area contributed by atoms with E-state index in [9.17, 15) is 4.79 Å². The molecule has 0 spiro atoms. The minimum absolute atomic E-state index is 0.179. The number of piperazine rings is 3. The molecule has 0 aromatic heterocycles. The number of likely N-dealkylation sites (N-methyl/N-ethyl adjacent to an activating group) is 1. The van der Waals surface area contributed by atoms with Gasteiger partial charge < -0.3 is 49.0 Å². The molecule has 478 valence electrons. The van der Waals surface area contributed by atoms with Gasteiger partial charge in [0.15, 0.2) is 12.8 Å². The third-order valence-corrected chi connectivity index (χ3v) is 15.3. The number of hydroxylamine groups is 1. The highest BCUT2D eigenvalue weighted by molar-refractivity contribution is 5.65. The molecular weight excluding hydrogens is 987 g/mol. The van der Waals surface area contributed by atoms with E-state index in [4.69, 9.17) is 15.1 Å². The first-order valence-electron chi connectivity index (χ1n) is 32.6. The van der Waals surface area contributed by atoms with Crippen molar-refractivity contribution in [2.45, 2.75) is 185 Å². The average Bonchev–Trinajstić information content (AvgIpc) is 3.44. The second kappa shape index (κ2) is 61.1. The van der Waals surface area contributed by atoms with Crippen molar-refractivity contribution in [1.82, 2.24) is 49.0 Å². The van der Waals surface area contributed by atoms with Gasteiger partial charge in [-0.25, -0.2) is 0 Å². The van der Waals surface area contributed by atoms with E-state index in [1.165, 1.54) is 180 Å². The van der Waals surface area contributed by atoms with Crippen molar-refractivity contribution in [2.24, 2.45) is 11.8 Å². The third-order valence-electron chi connectivity index (χ3n) is 15.3. The van der Waals surface area contributed by atoms with Crippen molar-refractivity contribution in [3.63, 3.8) is 0 Å². The lowest BCUT2D eigenvalue weighted by molar-refractivity contribution is -0.771. The summed E-state index contributed by atoms with van der Waals surface area (Å²) in [7, 11) is 17.1. The molecule has 0 bridgehead atoms. The number of esters is 1. The zero-order valence-electron chi connectivity index (χ0n) is 57.0. The van der Waals surface area contributed by atoms with E-state index in [0.29, 0.717) is 13.2 Å². The van der Waals surface area contributed by atoms with Crippen LogP contribution >= 0.6 is 0 Å². The van der Waals surface area contributed by atoms with Crippen LogP contribution in [0, 0.1) is 11.8 Å². The lowest BCUT2D eigenvalue weighted by Gasteiger charge is -2.34. The lowest BCUT2D eigenvalue weighted by atomic mass is 9.96. The molecule has 0 aliphatic carbocycles. The largest absolute Gasteiger partial charge is 0.465 e. The number of hydrogen-bond donors (Lipinski definition) is 2. The molecule has 0 aromatic carbocycles. The van der Waals surface area contributed by atoms with Crippen LogP contribution in [0.5, 0.6) is 0 Å². The molecule has 79 heavy (non-hydrogen) atoms. The monoisotopic (exact) mass is 1130 g/mol. The number of carbonyl (C=O) groups is 1. The number of aliphatic hydroxyl groups excluding tert-OH is 1. The summed E-state index contributed by atoms with van der Waals surface area (Å²) < 4.78 is 6.15. The Morgan fingerprint density at radius 1 is 0.595 bits per heavy atom. The highest BCUT2D eigenvalue weighted by Gasteiger charge is 2.18. The van der Waals surface area contributed by atoms with Gasteiger partial charge in [0.2, 0.25) is 0 Å². The van der Waals surface area contributed by atoms with E-state index in [0.717, 1.165) is 89.6 Å². The molecule has 4 heterocycles. The van der Waals surface area contributed by atoms with Gasteiger partial charge in [0.25, 0.3) is 0 Å². The molecule has 0 radical (unpaired) electrons. The molecule has 2 N–H and O–H groups in total. The van der Waals surface area contributed by atoms with E-state index in [1.54, 1.807) is 6.21 Å². The van der Waals surface area contributed by atoms with Crippen LogP contribution in [0.25, 0.3) is 0 Å². The summed E-state index contributed by atoms with van der Waals surface area (Å²) in [5.41, 5.74) is 0. The molecular formula is C64H144N11O4+. The number of aliphatic hydroxyl groups is 1. The van der Waals surface area contributed by atoms with Gasteiger partial charge in [0.1, 0.15) is 6.61 Å². The minimum atomic E-state index is -0.179. The standard InChI is InChI=1S/C12H24N2O2.C10H22N2O.C9H20N2.C8H17N.C7H17N.C6H14NO.2C6H15N/c1-3-4-5-13-6-8-14(9-7-13)10-11-16-12(2)15;1-2-3-4-11-5-7-12(8-6-11)9-10-13;1-3-4-5-11-8-6-10(2)7-9-11;1-3-8-5-4-6-9(2)7-8;1-5-7(2)6-8(3)4;1-3-5-6-7(8)4-2;1-5-6(2)7(3)4;1-4-5-6-7(2)3/h3-11H2,1-2H3;13H,2-10H2,1H3;3-9H2,1-2H3;8H,3-7H2,1-2H3;7H,5-6H2,1-4H3;4,8H,3,5-6H2,1-2H3;6H,5H2,1-4H3;4-6H2,1-3H3/q;;;;;+1;;/b;;;;;7-4+;;. The van der Waals surface area contributed by atoms with Crippen molar-refractivity contribution in [3.05, 3.63) is 0 Å². The Morgan fingerprint density at radius 2 is 1.03 bits per heavy atom. The second-order valence-corrected chi connectivity index (χ2v) is 23.7. The van der Waals surface area contributed by atoms with Crippen molar-refractivity contribution >= 4 is 12.2 Å². The number of ether oxygens (including phenoxy) is 1. The van der Waals surface area contributed by atoms with Crippen molar-refractivity contribution in [3.8, 4) is 0 Å². The molecule has 4 rings (SSSR count). The Balaban J connectivity index is -0.000000414. The molecule has 15 nitrogen and oxygen atoms in total. The topological polar surface area (TPSA) is 102 Å². The summed E-state index contributed by atoms with van der Waals surface area (Å²) in [6.45, 7) is 51.9. The summed E-state index contributed by atoms with van der Waals surface area (Å²) in [6.07, 6.45) is 21.1. The van der Waals surface area contributed by atoms with E-state index in [2.05, 4.69) is 175 Å². The predicted molar refractivity (Wildman–Crippen MR) is 347 cm³/mol. The van der Waals surface area contributed by atoms with Crippen LogP contribution in [0.15, 0.2) is 0 Å². The molecule has 0 amide bonds. The highest BCUT2D eigenvalue weighted by atomic mass is 16.5. The molecule has 0 aromatic rings. The summed E-state index contributed by atoms with van der Waals surface area (Å²) >= 11 is 0. The van der Waals surface area contributed by atoms with Crippen LogP contribution in [0.2, 0.25) is 0 Å².